The van der Waals surface area contributed by atoms with Crippen molar-refractivity contribution in [1.82, 2.24) is 4.31 Å². The van der Waals surface area contributed by atoms with Crippen molar-refractivity contribution in [1.29, 1.82) is 0 Å². The van der Waals surface area contributed by atoms with E-state index in [1.807, 2.05) is 0 Å². The first-order valence-electron chi connectivity index (χ1n) is 10.6. The number of ether oxygens (including phenoxy) is 3. The summed E-state index contributed by atoms with van der Waals surface area (Å²) >= 11 is 0. The molecule has 0 radical (unpaired) electrons. The molecule has 0 bridgehead atoms. The molecule has 0 saturated carbocycles. The van der Waals surface area contributed by atoms with Gasteiger partial charge in [-0.3, -0.25) is 4.79 Å². The summed E-state index contributed by atoms with van der Waals surface area (Å²) in [5.41, 5.74) is -0.0237. The first-order chi connectivity index (χ1) is 15.8. The summed E-state index contributed by atoms with van der Waals surface area (Å²) < 4.78 is 55.7. The van der Waals surface area contributed by atoms with Crippen LogP contribution in [0.25, 0.3) is 0 Å². The van der Waals surface area contributed by atoms with Gasteiger partial charge in [0.25, 0.3) is 0 Å². The van der Waals surface area contributed by atoms with E-state index in [2.05, 4.69) is 4.74 Å². The third-order valence-electron chi connectivity index (χ3n) is 5.31. The summed E-state index contributed by atoms with van der Waals surface area (Å²) in [6, 6.07) is 11.5. The average Bonchev–Trinajstić information content (AvgIpc) is 2.84. The molecule has 1 aliphatic rings. The van der Waals surface area contributed by atoms with Crippen LogP contribution in [0, 0.1) is 11.7 Å². The van der Waals surface area contributed by atoms with Gasteiger partial charge in [-0.2, -0.15) is 4.31 Å². The van der Waals surface area contributed by atoms with Crippen LogP contribution in [-0.4, -0.2) is 58.1 Å². The van der Waals surface area contributed by atoms with Gasteiger partial charge in [-0.15, -0.1) is 0 Å². The van der Waals surface area contributed by atoms with Gasteiger partial charge < -0.3 is 14.2 Å². The smallest absolute Gasteiger partial charge is 0.339 e. The highest BCUT2D eigenvalue weighted by atomic mass is 32.2. The summed E-state index contributed by atoms with van der Waals surface area (Å²) in [4.78, 5) is 24.2. The highest BCUT2D eigenvalue weighted by Gasteiger charge is 2.34. The van der Waals surface area contributed by atoms with E-state index in [-0.39, 0.29) is 41.9 Å². The first-order valence-corrected chi connectivity index (χ1v) is 12.0. The van der Waals surface area contributed by atoms with Crippen molar-refractivity contribution in [3.05, 3.63) is 59.9 Å². The second kappa shape index (κ2) is 11.2. The molecule has 0 N–H and O–H groups in total. The number of carbonyl (C=O) groups is 2. The molecular weight excluding hydrogens is 453 g/mol. The first kappa shape index (κ1) is 24.7. The summed E-state index contributed by atoms with van der Waals surface area (Å²) in [6.07, 6.45) is 1.12. The van der Waals surface area contributed by atoms with Gasteiger partial charge in [-0.1, -0.05) is 12.1 Å². The molecule has 0 spiro atoms. The second-order valence-electron chi connectivity index (χ2n) is 7.49. The van der Waals surface area contributed by atoms with Crippen molar-refractivity contribution in [2.75, 3.05) is 33.4 Å². The summed E-state index contributed by atoms with van der Waals surface area (Å²) in [7, 11) is -2.72. The lowest BCUT2D eigenvalue weighted by molar-refractivity contribution is -0.150. The van der Waals surface area contributed by atoms with Crippen molar-refractivity contribution in [2.45, 2.75) is 24.2 Å². The number of esters is 2. The Kier molecular flexibility index (Phi) is 8.40. The van der Waals surface area contributed by atoms with Gasteiger partial charge >= 0.3 is 11.9 Å². The molecule has 1 fully saturated rings. The number of benzene rings is 2. The standard InChI is InChI=1S/C23H26FNO7S/c1-30-23(27)20-5-2-3-6-21(20)33(28,29)25-13-11-17(12-14-25)22(26)32-16-4-15-31-19-9-7-18(24)8-10-19/h2-3,5-10,17H,4,11-16H2,1H3. The molecule has 0 unspecified atom stereocenters. The zero-order valence-corrected chi connectivity index (χ0v) is 19.1. The fourth-order valence-electron chi connectivity index (χ4n) is 3.51. The molecule has 1 saturated heterocycles. The third kappa shape index (κ3) is 6.29. The van der Waals surface area contributed by atoms with Crippen LogP contribution >= 0.6 is 0 Å². The zero-order chi connectivity index (χ0) is 23.8. The lowest BCUT2D eigenvalue weighted by atomic mass is 9.98. The van der Waals surface area contributed by atoms with Crippen LogP contribution in [-0.2, 0) is 24.3 Å². The minimum Gasteiger partial charge on any atom is -0.493 e. The molecule has 0 aromatic heterocycles. The van der Waals surface area contributed by atoms with Crippen LogP contribution in [0.3, 0.4) is 0 Å². The predicted octanol–water partition coefficient (Wildman–Crippen LogP) is 3.03. The SMILES string of the molecule is COC(=O)c1ccccc1S(=O)(=O)N1CCC(C(=O)OCCCOc2ccc(F)cc2)CC1. The maximum atomic E-state index is 13.1. The number of halogens is 1. The number of methoxy groups -OCH3 is 1. The molecule has 178 valence electrons. The van der Waals surface area contributed by atoms with Crippen molar-refractivity contribution in [3.8, 4) is 5.75 Å². The third-order valence-corrected chi connectivity index (χ3v) is 7.27. The van der Waals surface area contributed by atoms with Gasteiger partial charge in [0.05, 0.1) is 36.7 Å². The predicted molar refractivity (Wildman–Crippen MR) is 117 cm³/mol. The van der Waals surface area contributed by atoms with Crippen LogP contribution in [0.15, 0.2) is 53.4 Å². The molecule has 8 nitrogen and oxygen atoms in total. The van der Waals surface area contributed by atoms with E-state index in [4.69, 9.17) is 9.47 Å². The van der Waals surface area contributed by atoms with E-state index < -0.39 is 21.9 Å². The minimum absolute atomic E-state index is 0.0237. The van der Waals surface area contributed by atoms with E-state index >= 15 is 0 Å². The van der Waals surface area contributed by atoms with Crippen LogP contribution in [0.1, 0.15) is 29.6 Å². The summed E-state index contributed by atoms with van der Waals surface area (Å²) in [5.74, 6) is -1.31. The van der Waals surface area contributed by atoms with Crippen molar-refractivity contribution in [3.63, 3.8) is 0 Å². The number of nitrogens with zero attached hydrogens (tertiary/aromatic N) is 1. The van der Waals surface area contributed by atoms with Crippen LogP contribution < -0.4 is 4.74 Å². The summed E-state index contributed by atoms with van der Waals surface area (Å²) in [5, 5.41) is 0. The fourth-order valence-corrected chi connectivity index (χ4v) is 5.16. The topological polar surface area (TPSA) is 99.2 Å². The van der Waals surface area contributed by atoms with Crippen LogP contribution in [0.2, 0.25) is 0 Å². The Morgan fingerprint density at radius 1 is 1.03 bits per heavy atom. The lowest BCUT2D eigenvalue weighted by Gasteiger charge is -2.30. The average molecular weight is 480 g/mol. The molecule has 0 aliphatic carbocycles. The van der Waals surface area contributed by atoms with Crippen LogP contribution in [0.4, 0.5) is 4.39 Å². The van der Waals surface area contributed by atoms with Gasteiger partial charge in [0.2, 0.25) is 10.0 Å². The van der Waals surface area contributed by atoms with Crippen molar-refractivity contribution in [2.24, 2.45) is 5.92 Å². The normalized spacial score (nSPS) is 15.1. The lowest BCUT2D eigenvalue weighted by Crippen LogP contribution is -2.41. The maximum Gasteiger partial charge on any atom is 0.339 e. The highest BCUT2D eigenvalue weighted by Crippen LogP contribution is 2.27. The Balaban J connectivity index is 1.46. The molecule has 0 atom stereocenters. The second-order valence-corrected chi connectivity index (χ2v) is 9.40. The Bertz CT molecular complexity index is 1060. The Morgan fingerprint density at radius 3 is 2.36 bits per heavy atom. The molecule has 2 aromatic carbocycles. The van der Waals surface area contributed by atoms with Crippen molar-refractivity contribution >= 4 is 22.0 Å². The molecule has 3 rings (SSSR count). The Hall–Kier alpha value is -2.98. The van der Waals surface area contributed by atoms with E-state index in [0.29, 0.717) is 31.6 Å². The quantitative estimate of drug-likeness (QED) is 0.403. The van der Waals surface area contributed by atoms with E-state index in [1.165, 1.54) is 47.8 Å². The minimum atomic E-state index is -3.91. The molecular formula is C23H26FNO7S. The molecule has 10 heteroatoms. The molecule has 0 amide bonds. The Labute approximate surface area is 192 Å². The van der Waals surface area contributed by atoms with Gasteiger partial charge in [-0.05, 0) is 49.2 Å². The van der Waals surface area contributed by atoms with E-state index in [1.54, 1.807) is 12.1 Å². The number of hydrogen-bond acceptors (Lipinski definition) is 7. The van der Waals surface area contributed by atoms with Gasteiger partial charge in [0, 0.05) is 19.5 Å². The molecule has 2 aromatic rings. The van der Waals surface area contributed by atoms with Gasteiger partial charge in [-0.25, -0.2) is 17.6 Å². The monoisotopic (exact) mass is 479 g/mol. The number of hydrogen-bond donors (Lipinski definition) is 0. The number of piperidine rings is 1. The molecule has 1 heterocycles. The Morgan fingerprint density at radius 2 is 1.70 bits per heavy atom. The number of carbonyl (C=O) groups excluding carboxylic acids is 2. The van der Waals surface area contributed by atoms with Gasteiger partial charge in [0.15, 0.2) is 0 Å². The molecule has 33 heavy (non-hydrogen) atoms. The van der Waals surface area contributed by atoms with E-state index in [9.17, 15) is 22.4 Å². The largest absolute Gasteiger partial charge is 0.493 e. The summed E-state index contributed by atoms with van der Waals surface area (Å²) in [6.45, 7) is 0.775. The highest BCUT2D eigenvalue weighted by molar-refractivity contribution is 7.89. The van der Waals surface area contributed by atoms with E-state index in [0.717, 1.165) is 0 Å². The van der Waals surface area contributed by atoms with Gasteiger partial charge in [0.1, 0.15) is 11.6 Å². The maximum absolute atomic E-state index is 13.1. The fraction of sp³-hybridized carbons (Fsp3) is 0.391. The van der Waals surface area contributed by atoms with Crippen molar-refractivity contribution < 1.29 is 36.6 Å². The van der Waals surface area contributed by atoms with Crippen LogP contribution in [0.5, 0.6) is 5.75 Å². The zero-order valence-electron chi connectivity index (χ0n) is 18.2. The number of sulfonamides is 1. The molecule has 1 aliphatic heterocycles. The number of rotatable bonds is 9.